The van der Waals surface area contributed by atoms with E-state index in [1.54, 1.807) is 0 Å². The molecule has 1 aliphatic carbocycles. The van der Waals surface area contributed by atoms with Gasteiger partial charge in [0.05, 0.1) is 34.9 Å². The van der Waals surface area contributed by atoms with Gasteiger partial charge in [0.15, 0.2) is 5.82 Å². The average Bonchev–Trinajstić information content (AvgIpc) is 3.46. The van der Waals surface area contributed by atoms with Gasteiger partial charge in [-0.25, -0.2) is 4.98 Å². The van der Waals surface area contributed by atoms with Gasteiger partial charge < -0.3 is 10.2 Å². The van der Waals surface area contributed by atoms with Crippen LogP contribution in [-0.4, -0.2) is 80.9 Å². The fourth-order valence-corrected chi connectivity index (χ4v) is 5.42. The number of amides is 1. The Balaban J connectivity index is 1.42. The van der Waals surface area contributed by atoms with Gasteiger partial charge in [-0.15, -0.1) is 0 Å². The van der Waals surface area contributed by atoms with Crippen molar-refractivity contribution in [3.8, 4) is 11.3 Å². The molecule has 2 aliphatic rings. The molecule has 3 N–H and O–H groups in total. The van der Waals surface area contributed by atoms with Crippen molar-refractivity contribution in [2.75, 3.05) is 45.1 Å². The number of aryl methyl sites for hydroxylation is 2. The second-order valence-electron chi connectivity index (χ2n) is 9.62. The van der Waals surface area contributed by atoms with Crippen LogP contribution in [0.15, 0.2) is 18.3 Å². The molecule has 0 saturated carbocycles. The molecule has 9 heteroatoms. The molecule has 0 atom stereocenters. The summed E-state index contributed by atoms with van der Waals surface area (Å²) in [5, 5.41) is 20.1. The number of nitrogens with one attached hydrogen (secondary N) is 3. The van der Waals surface area contributed by atoms with Crippen molar-refractivity contribution in [2.45, 2.75) is 32.6 Å². The number of hydrogen-bond donors (Lipinski definition) is 3. The van der Waals surface area contributed by atoms with E-state index in [0.717, 1.165) is 90.6 Å². The molecule has 9 nitrogen and oxygen atoms in total. The summed E-state index contributed by atoms with van der Waals surface area (Å²) in [5.74, 6) is 0.573. The first-order valence-corrected chi connectivity index (χ1v) is 12.1. The molecule has 0 spiro atoms. The molecule has 0 bridgehead atoms. The van der Waals surface area contributed by atoms with Crippen LogP contribution in [0.1, 0.15) is 29.7 Å². The zero-order valence-corrected chi connectivity index (χ0v) is 19.7. The number of piperazine rings is 1. The van der Waals surface area contributed by atoms with E-state index in [2.05, 4.69) is 48.6 Å². The largest absolute Gasteiger partial charge is 0.308 e. The lowest BCUT2D eigenvalue weighted by Crippen LogP contribution is -2.47. The highest BCUT2D eigenvalue weighted by Crippen LogP contribution is 2.40. The van der Waals surface area contributed by atoms with E-state index in [0.29, 0.717) is 12.4 Å². The quantitative estimate of drug-likeness (QED) is 0.434. The lowest BCUT2D eigenvalue weighted by atomic mass is 9.85. The van der Waals surface area contributed by atoms with E-state index in [4.69, 9.17) is 4.98 Å². The number of fused-ring (bicyclic) bond motifs is 5. The van der Waals surface area contributed by atoms with Crippen molar-refractivity contribution in [1.82, 2.24) is 35.2 Å². The van der Waals surface area contributed by atoms with Gasteiger partial charge in [-0.05, 0) is 62.9 Å². The van der Waals surface area contributed by atoms with Crippen molar-refractivity contribution >= 4 is 33.5 Å². The van der Waals surface area contributed by atoms with E-state index in [1.807, 2.05) is 19.2 Å². The molecule has 0 unspecified atom stereocenters. The predicted octanol–water partition coefficient (Wildman–Crippen LogP) is 2.87. The molecular weight excluding hydrogens is 428 g/mol. The zero-order chi connectivity index (χ0) is 23.2. The summed E-state index contributed by atoms with van der Waals surface area (Å²) in [4.78, 5) is 22.5. The summed E-state index contributed by atoms with van der Waals surface area (Å²) in [6.45, 7) is 6.20. The Labute approximate surface area is 197 Å². The van der Waals surface area contributed by atoms with Gasteiger partial charge in [0.2, 0.25) is 5.91 Å². The number of anilines is 1. The number of hydrogen-bond acceptors (Lipinski definition) is 6. The minimum Gasteiger partial charge on any atom is -0.308 e. The molecule has 1 amide bonds. The third-order valence-electron chi connectivity index (χ3n) is 7.30. The molecule has 1 fully saturated rings. The maximum Gasteiger partial charge on any atom is 0.239 e. The average molecular weight is 459 g/mol. The molecule has 1 aromatic carbocycles. The number of benzene rings is 1. The summed E-state index contributed by atoms with van der Waals surface area (Å²) >= 11 is 0. The van der Waals surface area contributed by atoms with E-state index >= 15 is 0 Å². The fourth-order valence-electron chi connectivity index (χ4n) is 5.42. The van der Waals surface area contributed by atoms with Gasteiger partial charge in [-0.3, -0.25) is 19.9 Å². The number of carbonyl (C=O) groups is 1. The highest BCUT2D eigenvalue weighted by Gasteiger charge is 2.24. The lowest BCUT2D eigenvalue weighted by Gasteiger charge is -2.31. The van der Waals surface area contributed by atoms with Gasteiger partial charge in [-0.1, -0.05) is 0 Å². The van der Waals surface area contributed by atoms with Crippen molar-refractivity contribution in [3.63, 3.8) is 0 Å². The first-order valence-electron chi connectivity index (χ1n) is 12.1. The van der Waals surface area contributed by atoms with Crippen molar-refractivity contribution < 1.29 is 4.79 Å². The number of aromatic nitrogens is 5. The molecule has 176 valence electrons. The summed E-state index contributed by atoms with van der Waals surface area (Å²) < 4.78 is 0. The van der Waals surface area contributed by atoms with Gasteiger partial charge in [0.1, 0.15) is 0 Å². The maximum atomic E-state index is 12.9. The first-order chi connectivity index (χ1) is 16.6. The number of aromatic amines is 2. The Morgan fingerprint density at radius 3 is 2.62 bits per heavy atom. The van der Waals surface area contributed by atoms with Gasteiger partial charge in [0.25, 0.3) is 0 Å². The van der Waals surface area contributed by atoms with Crippen LogP contribution >= 0.6 is 0 Å². The second kappa shape index (κ2) is 8.48. The van der Waals surface area contributed by atoms with E-state index in [-0.39, 0.29) is 5.91 Å². The van der Waals surface area contributed by atoms with Gasteiger partial charge in [0, 0.05) is 42.8 Å². The van der Waals surface area contributed by atoms with Gasteiger partial charge >= 0.3 is 0 Å². The van der Waals surface area contributed by atoms with Crippen LogP contribution in [0, 0.1) is 6.92 Å². The topological polar surface area (TPSA) is 106 Å². The van der Waals surface area contributed by atoms with Crippen molar-refractivity contribution in [1.29, 1.82) is 0 Å². The van der Waals surface area contributed by atoms with E-state index in [9.17, 15) is 4.79 Å². The number of nitrogens with zero attached hydrogens (tertiary/aromatic N) is 5. The lowest BCUT2D eigenvalue weighted by molar-refractivity contribution is -0.117. The Bertz CT molecular complexity index is 1380. The third-order valence-corrected chi connectivity index (χ3v) is 7.30. The molecule has 34 heavy (non-hydrogen) atoms. The smallest absolute Gasteiger partial charge is 0.239 e. The normalized spacial score (nSPS) is 17.4. The standard InChI is InChI=1S/C25H30N8O/c1-15-18(13-26-29-15)24-17-6-4-3-5-16(17)22-19(27-24)7-8-20-23(22)25(31-30-20)28-21(34)14-33-11-9-32(2)10-12-33/h7-8,13H,3-6,9-12,14H2,1-2H3,(H,26,29)(H2,28,30,31,34). The van der Waals surface area contributed by atoms with Crippen LogP contribution in [0.25, 0.3) is 33.1 Å². The molecule has 6 rings (SSSR count). The van der Waals surface area contributed by atoms with Crippen LogP contribution < -0.4 is 5.32 Å². The van der Waals surface area contributed by atoms with Crippen molar-refractivity contribution in [2.24, 2.45) is 0 Å². The van der Waals surface area contributed by atoms with Crippen molar-refractivity contribution in [3.05, 3.63) is 35.2 Å². The Hall–Kier alpha value is -3.30. The molecule has 1 saturated heterocycles. The molecular formula is C25H30N8O. The second-order valence-corrected chi connectivity index (χ2v) is 9.62. The molecule has 3 aromatic heterocycles. The summed E-state index contributed by atoms with van der Waals surface area (Å²) in [5.41, 5.74) is 7.59. The minimum atomic E-state index is -0.0255. The molecule has 0 radical (unpaired) electrons. The number of pyridine rings is 1. The summed E-state index contributed by atoms with van der Waals surface area (Å²) in [6.07, 6.45) is 6.17. The number of H-pyrrole nitrogens is 2. The Kier molecular flexibility index (Phi) is 5.30. The van der Waals surface area contributed by atoms with Crippen LogP contribution in [0.4, 0.5) is 5.82 Å². The third kappa shape index (κ3) is 3.65. The number of rotatable bonds is 4. The first kappa shape index (κ1) is 21.2. The summed E-state index contributed by atoms with van der Waals surface area (Å²) in [7, 11) is 2.12. The van der Waals surface area contributed by atoms with Crippen LogP contribution in [0.3, 0.4) is 0 Å². The molecule has 4 heterocycles. The highest BCUT2D eigenvalue weighted by molar-refractivity contribution is 6.15. The zero-order valence-electron chi connectivity index (χ0n) is 19.7. The maximum absolute atomic E-state index is 12.9. The summed E-state index contributed by atoms with van der Waals surface area (Å²) in [6, 6.07) is 4.06. The highest BCUT2D eigenvalue weighted by atomic mass is 16.2. The number of carbonyl (C=O) groups excluding carboxylic acids is 1. The Morgan fingerprint density at radius 2 is 1.85 bits per heavy atom. The van der Waals surface area contributed by atoms with Gasteiger partial charge in [-0.2, -0.15) is 10.2 Å². The van der Waals surface area contributed by atoms with Crippen LogP contribution in [0.2, 0.25) is 0 Å². The SMILES string of the molecule is Cc1[nH]ncc1-c1nc2ccc3[nH]nc(NC(=O)CN4CCN(C)CC4)c3c2c2c1CCCC2. The van der Waals surface area contributed by atoms with Crippen LogP contribution in [0.5, 0.6) is 0 Å². The fraction of sp³-hybridized carbons (Fsp3) is 0.440. The molecule has 1 aliphatic heterocycles. The van der Waals surface area contributed by atoms with E-state index in [1.165, 1.54) is 11.1 Å². The minimum absolute atomic E-state index is 0.0255. The molecule has 4 aromatic rings. The Morgan fingerprint density at radius 1 is 1.06 bits per heavy atom. The number of likely N-dealkylation sites (N-methyl/N-ethyl adjacent to an activating group) is 1. The monoisotopic (exact) mass is 458 g/mol. The van der Waals surface area contributed by atoms with Crippen LogP contribution in [-0.2, 0) is 17.6 Å². The van der Waals surface area contributed by atoms with E-state index < -0.39 is 0 Å². The predicted molar refractivity (Wildman–Crippen MR) is 133 cm³/mol.